The Bertz CT molecular complexity index is 784. The van der Waals surface area contributed by atoms with Crippen LogP contribution >= 0.6 is 11.8 Å². The van der Waals surface area contributed by atoms with Gasteiger partial charge in [-0.05, 0) is 19.9 Å². The second-order valence-corrected chi connectivity index (χ2v) is 6.40. The second kappa shape index (κ2) is 6.99. The molecule has 0 aromatic carbocycles. The molecular weight excluding hydrogens is 379 g/mol. The van der Waals surface area contributed by atoms with Crippen LogP contribution in [0.3, 0.4) is 0 Å². The summed E-state index contributed by atoms with van der Waals surface area (Å²) >= 11 is 0.475. The Morgan fingerprint density at radius 3 is 2.50 bits per heavy atom. The van der Waals surface area contributed by atoms with Crippen LogP contribution in [0.5, 0.6) is 0 Å². The number of nitrogens with zero attached hydrogens (tertiary/aromatic N) is 3. The molecule has 0 spiro atoms. The number of hydrogen-bond acceptors (Lipinski definition) is 8. The van der Waals surface area contributed by atoms with Gasteiger partial charge in [0.15, 0.2) is 5.56 Å². The summed E-state index contributed by atoms with van der Waals surface area (Å²) in [5.41, 5.74) is 7.32. The number of aromatic nitrogens is 1. The third-order valence-corrected chi connectivity index (χ3v) is 4.25. The van der Waals surface area contributed by atoms with Crippen molar-refractivity contribution < 1.29 is 27.6 Å². The molecule has 26 heavy (non-hydrogen) atoms. The van der Waals surface area contributed by atoms with Gasteiger partial charge >= 0.3 is 11.9 Å². The summed E-state index contributed by atoms with van der Waals surface area (Å²) in [6.07, 6.45) is -5.45. The van der Waals surface area contributed by atoms with Gasteiger partial charge in [0, 0.05) is 6.07 Å². The fourth-order valence-corrected chi connectivity index (χ4v) is 3.39. The monoisotopic (exact) mass is 393 g/mol. The lowest BCUT2D eigenvalue weighted by Crippen LogP contribution is -2.38. The first kappa shape index (κ1) is 19.8. The van der Waals surface area contributed by atoms with Crippen LogP contribution in [0.1, 0.15) is 13.8 Å². The standard InChI is InChI=1S/C13H14F3N5O4S/c1-5(2)25-12-20(7-4-3-6(21(23)24)10(17)19-7)9(13(14,15)16)8(26-12)11(18)22/h3-5,12H,1-2H3,(H2,17,19)(H2,18,22). The van der Waals surface area contributed by atoms with E-state index in [0.717, 1.165) is 12.1 Å². The number of pyridine rings is 1. The van der Waals surface area contributed by atoms with Crippen molar-refractivity contribution in [1.82, 2.24) is 4.98 Å². The van der Waals surface area contributed by atoms with Gasteiger partial charge in [0.2, 0.25) is 5.82 Å². The van der Waals surface area contributed by atoms with Crippen LogP contribution in [-0.4, -0.2) is 33.7 Å². The Balaban J connectivity index is 2.62. The average molecular weight is 393 g/mol. The van der Waals surface area contributed by atoms with Gasteiger partial charge in [0.25, 0.3) is 5.91 Å². The number of nitrogen functional groups attached to an aromatic ring is 1. The third kappa shape index (κ3) is 3.83. The van der Waals surface area contributed by atoms with Gasteiger partial charge in [-0.25, -0.2) is 4.98 Å². The zero-order chi connectivity index (χ0) is 19.8. The molecular formula is C13H14F3N5O4S. The molecule has 9 nitrogen and oxygen atoms in total. The van der Waals surface area contributed by atoms with Crippen molar-refractivity contribution in [3.63, 3.8) is 0 Å². The zero-order valence-corrected chi connectivity index (χ0v) is 14.3. The summed E-state index contributed by atoms with van der Waals surface area (Å²) in [4.78, 5) is 25.0. The maximum atomic E-state index is 13.6. The highest BCUT2D eigenvalue weighted by molar-refractivity contribution is 8.04. The highest BCUT2D eigenvalue weighted by Gasteiger charge is 2.51. The minimum Gasteiger partial charge on any atom is -0.378 e. The van der Waals surface area contributed by atoms with E-state index < -0.39 is 50.8 Å². The number of anilines is 2. The molecule has 2 heterocycles. The first-order valence-corrected chi connectivity index (χ1v) is 7.95. The van der Waals surface area contributed by atoms with Crippen molar-refractivity contribution in [2.45, 2.75) is 31.7 Å². The SMILES string of the molecule is CC(C)OC1SC(C(N)=O)=C(C(F)(F)F)N1c1ccc([N+](=O)[O-])c(N)n1. The predicted molar refractivity (Wildman–Crippen MR) is 87.7 cm³/mol. The van der Waals surface area contributed by atoms with Crippen molar-refractivity contribution in [3.05, 3.63) is 32.8 Å². The molecule has 13 heteroatoms. The number of hydrogen-bond donors (Lipinski definition) is 2. The molecule has 1 unspecified atom stereocenters. The topological polar surface area (TPSA) is 138 Å². The van der Waals surface area contributed by atoms with Crippen molar-refractivity contribution in [2.75, 3.05) is 10.6 Å². The van der Waals surface area contributed by atoms with Crippen LogP contribution < -0.4 is 16.4 Å². The molecule has 1 atom stereocenters. The number of carbonyl (C=O) groups excluding carboxylic acids is 1. The predicted octanol–water partition coefficient (Wildman–Crippen LogP) is 2.09. The number of carbonyl (C=O) groups is 1. The summed E-state index contributed by atoms with van der Waals surface area (Å²) in [6, 6.07) is 1.91. The van der Waals surface area contributed by atoms with Gasteiger partial charge in [0.05, 0.1) is 11.0 Å². The van der Waals surface area contributed by atoms with E-state index in [1.54, 1.807) is 13.8 Å². The van der Waals surface area contributed by atoms with E-state index in [0.29, 0.717) is 16.7 Å². The maximum Gasteiger partial charge on any atom is 0.432 e. The van der Waals surface area contributed by atoms with E-state index in [4.69, 9.17) is 16.2 Å². The number of rotatable bonds is 5. The number of thioether (sulfide) groups is 1. The molecule has 0 saturated heterocycles. The smallest absolute Gasteiger partial charge is 0.378 e. The van der Waals surface area contributed by atoms with E-state index in [9.17, 15) is 28.1 Å². The summed E-state index contributed by atoms with van der Waals surface area (Å²) in [5.74, 6) is -2.22. The van der Waals surface area contributed by atoms with Gasteiger partial charge in [-0.2, -0.15) is 13.2 Å². The van der Waals surface area contributed by atoms with Gasteiger partial charge in [0.1, 0.15) is 16.4 Å². The quantitative estimate of drug-likeness (QED) is 0.573. The lowest BCUT2D eigenvalue weighted by molar-refractivity contribution is -0.384. The van der Waals surface area contributed by atoms with E-state index in [-0.39, 0.29) is 5.82 Å². The number of nitrogens with two attached hydrogens (primary N) is 2. The zero-order valence-electron chi connectivity index (χ0n) is 13.5. The summed E-state index contributed by atoms with van der Waals surface area (Å²) in [7, 11) is 0. The molecule has 4 N–H and O–H groups in total. The molecule has 0 saturated carbocycles. The molecule has 1 aliphatic heterocycles. The van der Waals surface area contributed by atoms with Crippen molar-refractivity contribution >= 4 is 35.0 Å². The Labute approximate surface area is 149 Å². The van der Waals surface area contributed by atoms with E-state index in [2.05, 4.69) is 4.98 Å². The first-order valence-electron chi connectivity index (χ1n) is 7.07. The number of amides is 1. The third-order valence-electron chi connectivity index (χ3n) is 3.10. The summed E-state index contributed by atoms with van der Waals surface area (Å²) in [5, 5.41) is 10.8. The number of ether oxygens (including phenoxy) is 1. The van der Waals surface area contributed by atoms with Crippen LogP contribution in [-0.2, 0) is 9.53 Å². The molecule has 142 valence electrons. The largest absolute Gasteiger partial charge is 0.432 e. The van der Waals surface area contributed by atoms with E-state index in [1.165, 1.54) is 0 Å². The molecule has 2 rings (SSSR count). The lowest BCUT2D eigenvalue weighted by atomic mass is 10.3. The van der Waals surface area contributed by atoms with Crippen LogP contribution in [0, 0.1) is 10.1 Å². The minimum atomic E-state index is -4.95. The van der Waals surface area contributed by atoms with Gasteiger partial charge in [-0.15, -0.1) is 0 Å². The van der Waals surface area contributed by atoms with Crippen molar-refractivity contribution in [1.29, 1.82) is 0 Å². The molecule has 0 aliphatic carbocycles. The molecule has 1 amide bonds. The Hall–Kier alpha value is -2.54. The van der Waals surface area contributed by atoms with Gasteiger partial charge < -0.3 is 16.2 Å². The Morgan fingerprint density at radius 1 is 1.46 bits per heavy atom. The molecule has 0 fully saturated rings. The van der Waals surface area contributed by atoms with Crippen LogP contribution in [0.15, 0.2) is 22.7 Å². The second-order valence-electron chi connectivity index (χ2n) is 5.35. The normalized spacial score (nSPS) is 17.9. The highest BCUT2D eigenvalue weighted by atomic mass is 32.2. The van der Waals surface area contributed by atoms with E-state index in [1.807, 2.05) is 0 Å². The number of allylic oxidation sites excluding steroid dienone is 1. The van der Waals surface area contributed by atoms with Gasteiger partial charge in [-0.3, -0.25) is 19.8 Å². The molecule has 1 aromatic heterocycles. The minimum absolute atomic E-state index is 0.366. The fourth-order valence-electron chi connectivity index (χ4n) is 2.15. The van der Waals surface area contributed by atoms with Crippen LogP contribution in [0.25, 0.3) is 0 Å². The molecule has 1 aliphatic rings. The highest BCUT2D eigenvalue weighted by Crippen LogP contribution is 2.48. The molecule has 0 bridgehead atoms. The number of nitro groups is 1. The first-order chi connectivity index (χ1) is 11.9. The lowest BCUT2D eigenvalue weighted by Gasteiger charge is -2.29. The van der Waals surface area contributed by atoms with E-state index >= 15 is 0 Å². The van der Waals surface area contributed by atoms with Crippen LogP contribution in [0.2, 0.25) is 0 Å². The van der Waals surface area contributed by atoms with Crippen molar-refractivity contribution in [3.8, 4) is 0 Å². The maximum absolute atomic E-state index is 13.6. The van der Waals surface area contributed by atoms with Crippen molar-refractivity contribution in [2.24, 2.45) is 5.73 Å². The summed E-state index contributed by atoms with van der Waals surface area (Å²) in [6.45, 7) is 3.18. The average Bonchev–Trinajstić information content (AvgIpc) is 2.85. The Morgan fingerprint density at radius 2 is 2.08 bits per heavy atom. The van der Waals surface area contributed by atoms with Crippen LogP contribution in [0.4, 0.5) is 30.5 Å². The molecule has 1 aromatic rings. The summed E-state index contributed by atoms with van der Waals surface area (Å²) < 4.78 is 46.2. The Kier molecular flexibility index (Phi) is 5.32. The molecule has 0 radical (unpaired) electrons. The number of halogens is 3. The van der Waals surface area contributed by atoms with Gasteiger partial charge in [-0.1, -0.05) is 11.8 Å². The number of alkyl halides is 3. The number of primary amides is 1. The fraction of sp³-hybridized carbons (Fsp3) is 0.385.